The Morgan fingerprint density at radius 2 is 1.29 bits per heavy atom. The van der Waals surface area contributed by atoms with Crippen LogP contribution in [-0.4, -0.2) is 18.5 Å². The molecule has 0 aromatic carbocycles. The molecular formula is C15H32OS. The molecule has 0 aromatic heterocycles. The van der Waals surface area contributed by atoms with Crippen LogP contribution in [0.2, 0.25) is 0 Å². The number of hydrogen-bond donors (Lipinski definition) is 1. The summed E-state index contributed by atoms with van der Waals surface area (Å²) in [6, 6.07) is 0. The first-order chi connectivity index (χ1) is 7.99. The second-order valence-electron chi connectivity index (χ2n) is 5.55. The van der Waals surface area contributed by atoms with Crippen molar-refractivity contribution in [3.05, 3.63) is 0 Å². The summed E-state index contributed by atoms with van der Waals surface area (Å²) < 4.78 is 6.08. The molecule has 4 atom stereocenters. The Morgan fingerprint density at radius 3 is 1.59 bits per heavy atom. The predicted octanol–water partition coefficient (Wildman–Crippen LogP) is 4.67. The Labute approximate surface area is 114 Å². The molecule has 1 nitrogen and oxygen atoms in total. The summed E-state index contributed by atoms with van der Waals surface area (Å²) >= 11 is 4.26. The van der Waals surface area contributed by atoms with Gasteiger partial charge in [-0.25, -0.2) is 0 Å². The minimum Gasteiger partial charge on any atom is -0.377 e. The lowest BCUT2D eigenvalue weighted by molar-refractivity contribution is -0.0398. The average molecular weight is 260 g/mol. The number of thiol groups is 1. The summed E-state index contributed by atoms with van der Waals surface area (Å²) in [6.45, 7) is 14.7. The fraction of sp³-hybridized carbons (Fsp3) is 1.00. The second kappa shape index (κ2) is 9.27. The van der Waals surface area contributed by atoms with Crippen molar-refractivity contribution in [3.8, 4) is 0 Å². The fourth-order valence-corrected chi connectivity index (χ4v) is 2.47. The van der Waals surface area contributed by atoms with Crippen LogP contribution in [0.3, 0.4) is 0 Å². The van der Waals surface area contributed by atoms with Crippen molar-refractivity contribution in [1.29, 1.82) is 0 Å². The molecule has 0 aliphatic heterocycles. The van der Waals surface area contributed by atoms with Gasteiger partial charge in [-0.05, 0) is 23.7 Å². The van der Waals surface area contributed by atoms with Crippen LogP contribution in [0.1, 0.15) is 54.4 Å². The molecule has 0 aromatic rings. The summed E-state index contributed by atoms with van der Waals surface area (Å²) in [5, 5.41) is 0. The van der Waals surface area contributed by atoms with Crippen LogP contribution in [0.15, 0.2) is 0 Å². The highest BCUT2D eigenvalue weighted by molar-refractivity contribution is 7.80. The molecule has 0 radical (unpaired) electrons. The maximum Gasteiger partial charge on any atom is 0.0631 e. The molecule has 0 spiro atoms. The summed E-state index contributed by atoms with van der Waals surface area (Å²) in [5.41, 5.74) is 0. The van der Waals surface area contributed by atoms with Gasteiger partial charge in [0.2, 0.25) is 0 Å². The minimum atomic E-state index is 0.382. The van der Waals surface area contributed by atoms with Gasteiger partial charge in [0.1, 0.15) is 0 Å². The van der Waals surface area contributed by atoms with E-state index < -0.39 is 0 Å². The minimum absolute atomic E-state index is 0.382. The van der Waals surface area contributed by atoms with Gasteiger partial charge in [0.15, 0.2) is 0 Å². The molecule has 2 heteroatoms. The molecule has 0 amide bonds. The van der Waals surface area contributed by atoms with Gasteiger partial charge in [-0.1, -0.05) is 54.4 Å². The van der Waals surface area contributed by atoms with Crippen LogP contribution in [0.25, 0.3) is 0 Å². The molecular weight excluding hydrogens is 228 g/mol. The molecule has 0 saturated heterocycles. The highest BCUT2D eigenvalue weighted by atomic mass is 32.1. The Hall–Kier alpha value is 0.310. The van der Waals surface area contributed by atoms with Crippen LogP contribution in [0.5, 0.6) is 0 Å². The molecule has 0 heterocycles. The predicted molar refractivity (Wildman–Crippen MR) is 80.8 cm³/mol. The molecule has 0 aliphatic carbocycles. The Kier molecular flexibility index (Phi) is 9.44. The molecule has 0 saturated carbocycles. The van der Waals surface area contributed by atoms with Crippen molar-refractivity contribution in [2.45, 2.75) is 60.5 Å². The number of ether oxygens (including phenoxy) is 1. The zero-order valence-electron chi connectivity index (χ0n) is 12.6. The van der Waals surface area contributed by atoms with Crippen molar-refractivity contribution >= 4 is 12.6 Å². The Balaban J connectivity index is 4.61. The number of rotatable bonds is 9. The fourth-order valence-electron chi connectivity index (χ4n) is 2.36. The summed E-state index contributed by atoms with van der Waals surface area (Å²) in [7, 11) is 0. The molecule has 0 bridgehead atoms. The van der Waals surface area contributed by atoms with Gasteiger partial charge in [0.05, 0.1) is 12.7 Å². The third-order valence-electron chi connectivity index (χ3n) is 4.52. The van der Waals surface area contributed by atoms with Gasteiger partial charge in [-0.2, -0.15) is 12.6 Å². The quantitative estimate of drug-likeness (QED) is 0.593. The third kappa shape index (κ3) is 5.65. The number of hydrogen-bond acceptors (Lipinski definition) is 2. The van der Waals surface area contributed by atoms with Gasteiger partial charge < -0.3 is 4.74 Å². The van der Waals surface area contributed by atoms with Crippen molar-refractivity contribution in [2.75, 3.05) is 12.4 Å². The van der Waals surface area contributed by atoms with E-state index in [-0.39, 0.29) is 0 Å². The van der Waals surface area contributed by atoms with Crippen LogP contribution in [0.4, 0.5) is 0 Å². The topological polar surface area (TPSA) is 9.23 Å². The molecule has 0 aliphatic rings. The van der Waals surface area contributed by atoms with Crippen LogP contribution in [0, 0.1) is 23.7 Å². The summed E-state index contributed by atoms with van der Waals surface area (Å²) in [5.74, 6) is 3.53. The smallest absolute Gasteiger partial charge is 0.0631 e. The van der Waals surface area contributed by atoms with Gasteiger partial charge in [-0.15, -0.1) is 0 Å². The highest BCUT2D eigenvalue weighted by Gasteiger charge is 2.29. The zero-order valence-corrected chi connectivity index (χ0v) is 13.5. The van der Waals surface area contributed by atoms with E-state index in [4.69, 9.17) is 4.74 Å². The van der Waals surface area contributed by atoms with E-state index in [1.807, 2.05) is 0 Å². The maximum atomic E-state index is 6.08. The second-order valence-corrected chi connectivity index (χ2v) is 6.00. The lowest BCUT2D eigenvalue weighted by Gasteiger charge is -2.35. The van der Waals surface area contributed by atoms with E-state index in [0.29, 0.717) is 17.9 Å². The largest absolute Gasteiger partial charge is 0.377 e. The first-order valence-corrected chi connectivity index (χ1v) is 7.85. The Bertz CT molecular complexity index is 168. The van der Waals surface area contributed by atoms with E-state index in [1.54, 1.807) is 0 Å². The van der Waals surface area contributed by atoms with Crippen molar-refractivity contribution in [1.82, 2.24) is 0 Å². The maximum absolute atomic E-state index is 6.08. The third-order valence-corrected chi connectivity index (χ3v) is 4.70. The molecule has 17 heavy (non-hydrogen) atoms. The molecule has 0 N–H and O–H groups in total. The molecule has 0 fully saturated rings. The lowest BCUT2D eigenvalue weighted by atomic mass is 9.78. The van der Waals surface area contributed by atoms with Crippen molar-refractivity contribution < 1.29 is 4.74 Å². The van der Waals surface area contributed by atoms with E-state index in [0.717, 1.165) is 24.2 Å². The Morgan fingerprint density at radius 1 is 0.882 bits per heavy atom. The first-order valence-electron chi connectivity index (χ1n) is 7.21. The van der Waals surface area contributed by atoms with Crippen LogP contribution < -0.4 is 0 Å². The van der Waals surface area contributed by atoms with Crippen molar-refractivity contribution in [2.24, 2.45) is 23.7 Å². The van der Waals surface area contributed by atoms with Gasteiger partial charge in [-0.3, -0.25) is 0 Å². The van der Waals surface area contributed by atoms with Gasteiger partial charge in [0, 0.05) is 5.75 Å². The zero-order chi connectivity index (χ0) is 13.4. The molecule has 0 rings (SSSR count). The van der Waals surface area contributed by atoms with Crippen molar-refractivity contribution in [3.63, 3.8) is 0 Å². The lowest BCUT2D eigenvalue weighted by Crippen LogP contribution is -2.36. The molecule has 104 valence electrons. The van der Waals surface area contributed by atoms with E-state index in [1.165, 1.54) is 12.8 Å². The normalized spacial score (nSPS) is 20.6. The first kappa shape index (κ1) is 17.3. The average Bonchev–Trinajstić information content (AvgIpc) is 2.36. The van der Waals surface area contributed by atoms with E-state index in [9.17, 15) is 0 Å². The highest BCUT2D eigenvalue weighted by Crippen LogP contribution is 2.30. The van der Waals surface area contributed by atoms with E-state index >= 15 is 0 Å². The standard InChI is InChI=1S/C15H32OS/c1-7-11(3)13(5)15(16-9-10-17)14(6)12(4)8-2/h11-15,17H,7-10H2,1-6H3. The van der Waals surface area contributed by atoms with Gasteiger partial charge >= 0.3 is 0 Å². The van der Waals surface area contributed by atoms with Crippen LogP contribution >= 0.6 is 12.6 Å². The summed E-state index contributed by atoms with van der Waals surface area (Å²) in [4.78, 5) is 0. The van der Waals surface area contributed by atoms with Crippen LogP contribution in [-0.2, 0) is 4.74 Å². The summed E-state index contributed by atoms with van der Waals surface area (Å²) in [6.07, 6.45) is 2.84. The monoisotopic (exact) mass is 260 g/mol. The SMILES string of the molecule is CCC(C)C(C)C(OCCS)C(C)C(C)CC. The van der Waals surface area contributed by atoms with E-state index in [2.05, 4.69) is 54.2 Å². The van der Waals surface area contributed by atoms with Gasteiger partial charge in [0.25, 0.3) is 0 Å². The molecule has 4 unspecified atom stereocenters.